The van der Waals surface area contributed by atoms with Crippen LogP contribution in [-0.2, 0) is 14.8 Å². The second-order valence-corrected chi connectivity index (χ2v) is 10.4. The maximum Gasteiger partial charge on any atom is 0.243 e. The summed E-state index contributed by atoms with van der Waals surface area (Å²) in [4.78, 5) is 16.6. The van der Waals surface area contributed by atoms with Crippen LogP contribution < -0.4 is 5.32 Å². The number of halogens is 1. The number of fused-ring (bicyclic) bond motifs is 1. The van der Waals surface area contributed by atoms with Crippen molar-refractivity contribution in [1.29, 1.82) is 0 Å². The summed E-state index contributed by atoms with van der Waals surface area (Å²) < 4.78 is 27.7. The number of nitrogens with zero attached hydrogens (tertiary/aromatic N) is 2. The predicted molar refractivity (Wildman–Crippen MR) is 108 cm³/mol. The van der Waals surface area contributed by atoms with Gasteiger partial charge < -0.3 is 5.32 Å². The van der Waals surface area contributed by atoms with Crippen LogP contribution in [0.4, 0.5) is 5.13 Å². The number of amides is 1. The Labute approximate surface area is 166 Å². The van der Waals surface area contributed by atoms with Crippen LogP contribution in [0.25, 0.3) is 10.2 Å². The first-order chi connectivity index (χ1) is 12.4. The van der Waals surface area contributed by atoms with Crippen molar-refractivity contribution in [2.45, 2.75) is 48.8 Å². The average Bonchev–Trinajstić information content (AvgIpc) is 3.28. The average molecular weight is 460 g/mol. The van der Waals surface area contributed by atoms with Gasteiger partial charge >= 0.3 is 0 Å². The third-order valence-corrected chi connectivity index (χ3v) is 8.09. The monoisotopic (exact) mass is 459 g/mol. The molecule has 1 fully saturated rings. The molecule has 1 N–H and O–H groups in total. The van der Waals surface area contributed by atoms with E-state index in [-0.39, 0.29) is 15.6 Å². The summed E-state index contributed by atoms with van der Waals surface area (Å²) in [5.41, 5.74) is 0.686. The van der Waals surface area contributed by atoms with Crippen molar-refractivity contribution < 1.29 is 13.2 Å². The molecule has 3 rings (SSSR count). The third-order valence-electron chi connectivity index (χ3n) is 4.39. The molecule has 6 nitrogen and oxygen atoms in total. The van der Waals surface area contributed by atoms with E-state index in [0.29, 0.717) is 23.7 Å². The summed E-state index contributed by atoms with van der Waals surface area (Å²) >= 11 is 4.69. The molecule has 1 aromatic carbocycles. The molecule has 1 amide bonds. The number of benzene rings is 1. The van der Waals surface area contributed by atoms with Gasteiger partial charge in [0.1, 0.15) is 0 Å². The number of carbonyl (C=O) groups excluding carboxylic acids is 1. The summed E-state index contributed by atoms with van der Waals surface area (Å²) in [6, 6.07) is 4.95. The molecule has 1 saturated heterocycles. The molecule has 1 aliphatic heterocycles. The number of carbonyl (C=O) groups is 1. The highest BCUT2D eigenvalue weighted by molar-refractivity contribution is 9.10. The third kappa shape index (κ3) is 4.27. The summed E-state index contributed by atoms with van der Waals surface area (Å²) in [7, 11) is -3.45. The highest BCUT2D eigenvalue weighted by atomic mass is 79.9. The molecule has 142 valence electrons. The first-order valence-electron chi connectivity index (χ1n) is 8.77. The molecule has 1 aliphatic rings. The van der Waals surface area contributed by atoms with Crippen LogP contribution >= 0.6 is 27.3 Å². The molecule has 1 aromatic heterocycles. The lowest BCUT2D eigenvalue weighted by atomic mass is 10.2. The standard InChI is InChI=1S/C17H22BrN3O3S2/c1-2-3-6-13(18)16(22)20-17-19-14-8-7-12(11-15(14)25-17)26(23,24)21-9-4-5-10-21/h7-8,11,13H,2-6,9-10H2,1H3,(H,19,20,22). The number of hydrogen-bond acceptors (Lipinski definition) is 5. The molecular formula is C17H22BrN3O3S2. The Bertz CT molecular complexity index is 892. The lowest BCUT2D eigenvalue weighted by Crippen LogP contribution is -2.27. The topological polar surface area (TPSA) is 79.4 Å². The fraction of sp³-hybridized carbons (Fsp3) is 0.529. The van der Waals surface area contributed by atoms with Gasteiger partial charge in [-0.3, -0.25) is 4.79 Å². The van der Waals surface area contributed by atoms with Crippen molar-refractivity contribution >= 4 is 58.5 Å². The quantitative estimate of drug-likeness (QED) is 0.635. The number of rotatable bonds is 7. The van der Waals surface area contributed by atoms with Crippen LogP contribution in [0.3, 0.4) is 0 Å². The van der Waals surface area contributed by atoms with Gasteiger partial charge in [-0.2, -0.15) is 4.31 Å². The van der Waals surface area contributed by atoms with Crippen molar-refractivity contribution in [2.75, 3.05) is 18.4 Å². The number of thiazole rings is 1. The lowest BCUT2D eigenvalue weighted by Gasteiger charge is -2.15. The Kier molecular flexibility index (Phi) is 6.32. The van der Waals surface area contributed by atoms with Crippen LogP contribution in [0.15, 0.2) is 23.1 Å². The van der Waals surface area contributed by atoms with Gasteiger partial charge in [-0.05, 0) is 37.5 Å². The van der Waals surface area contributed by atoms with E-state index in [1.165, 1.54) is 15.6 Å². The van der Waals surface area contributed by atoms with Crippen LogP contribution in [0.5, 0.6) is 0 Å². The first-order valence-corrected chi connectivity index (χ1v) is 11.9. The minimum atomic E-state index is -3.45. The zero-order chi connectivity index (χ0) is 18.7. The summed E-state index contributed by atoms with van der Waals surface area (Å²) in [6.45, 7) is 3.24. The number of nitrogens with one attached hydrogen (secondary N) is 1. The fourth-order valence-corrected chi connectivity index (χ4v) is 5.86. The molecule has 0 aliphatic carbocycles. The van der Waals surface area contributed by atoms with Gasteiger partial charge in [0.05, 0.1) is 19.9 Å². The number of anilines is 1. The number of unbranched alkanes of at least 4 members (excludes halogenated alkanes) is 1. The Morgan fingerprint density at radius 2 is 2.12 bits per heavy atom. The molecule has 1 atom stereocenters. The van der Waals surface area contributed by atoms with Crippen molar-refractivity contribution in [3.05, 3.63) is 18.2 Å². The van der Waals surface area contributed by atoms with E-state index in [4.69, 9.17) is 0 Å². The van der Waals surface area contributed by atoms with Gasteiger partial charge in [0, 0.05) is 13.1 Å². The number of aromatic nitrogens is 1. The smallest absolute Gasteiger partial charge is 0.243 e. The Balaban J connectivity index is 1.78. The van der Waals surface area contributed by atoms with E-state index < -0.39 is 10.0 Å². The van der Waals surface area contributed by atoms with Crippen molar-refractivity contribution in [3.63, 3.8) is 0 Å². The second-order valence-electron chi connectivity index (χ2n) is 6.36. The van der Waals surface area contributed by atoms with E-state index in [2.05, 4.69) is 33.2 Å². The van der Waals surface area contributed by atoms with Crippen molar-refractivity contribution in [1.82, 2.24) is 9.29 Å². The summed E-state index contributed by atoms with van der Waals surface area (Å²) in [5.74, 6) is -0.123. The van der Waals surface area contributed by atoms with Gasteiger partial charge in [-0.25, -0.2) is 13.4 Å². The fourth-order valence-electron chi connectivity index (χ4n) is 2.89. The van der Waals surface area contributed by atoms with Crippen molar-refractivity contribution in [3.8, 4) is 0 Å². The van der Waals surface area contributed by atoms with E-state index in [1.54, 1.807) is 18.2 Å². The van der Waals surface area contributed by atoms with Crippen LogP contribution in [0.1, 0.15) is 39.0 Å². The van der Waals surface area contributed by atoms with Gasteiger partial charge in [-0.15, -0.1) is 0 Å². The zero-order valence-electron chi connectivity index (χ0n) is 14.6. The number of hydrogen-bond donors (Lipinski definition) is 1. The van der Waals surface area contributed by atoms with E-state index in [9.17, 15) is 13.2 Å². The number of sulfonamides is 1. The molecule has 0 radical (unpaired) electrons. The van der Waals surface area contributed by atoms with Gasteiger partial charge in [-0.1, -0.05) is 47.0 Å². The van der Waals surface area contributed by atoms with Gasteiger partial charge in [0.2, 0.25) is 15.9 Å². The molecule has 2 heterocycles. The first kappa shape index (κ1) is 19.7. The van der Waals surface area contributed by atoms with E-state index in [0.717, 1.165) is 36.8 Å². The van der Waals surface area contributed by atoms with Crippen LogP contribution in [0, 0.1) is 0 Å². The van der Waals surface area contributed by atoms with Gasteiger partial charge in [0.25, 0.3) is 0 Å². The molecule has 26 heavy (non-hydrogen) atoms. The highest BCUT2D eigenvalue weighted by Gasteiger charge is 2.27. The Morgan fingerprint density at radius 1 is 1.38 bits per heavy atom. The molecule has 9 heteroatoms. The Morgan fingerprint density at radius 3 is 2.81 bits per heavy atom. The summed E-state index contributed by atoms with van der Waals surface area (Å²) in [5, 5.41) is 3.30. The van der Waals surface area contributed by atoms with Crippen LogP contribution in [-0.4, -0.2) is 41.5 Å². The maximum atomic E-state index is 12.7. The molecule has 0 bridgehead atoms. The minimum Gasteiger partial charge on any atom is -0.301 e. The minimum absolute atomic E-state index is 0.123. The zero-order valence-corrected chi connectivity index (χ0v) is 17.8. The molecule has 2 aromatic rings. The maximum absolute atomic E-state index is 12.7. The second kappa shape index (κ2) is 8.33. The molecule has 0 spiro atoms. The SMILES string of the molecule is CCCCC(Br)C(=O)Nc1nc2ccc(S(=O)(=O)N3CCCC3)cc2s1. The molecule has 0 saturated carbocycles. The molecular weight excluding hydrogens is 438 g/mol. The van der Waals surface area contributed by atoms with Gasteiger partial charge in [0.15, 0.2) is 5.13 Å². The number of alkyl halides is 1. The lowest BCUT2D eigenvalue weighted by molar-refractivity contribution is -0.115. The largest absolute Gasteiger partial charge is 0.301 e. The van der Waals surface area contributed by atoms with Crippen LogP contribution in [0.2, 0.25) is 0 Å². The van der Waals surface area contributed by atoms with E-state index >= 15 is 0 Å². The normalized spacial score (nSPS) is 16.8. The van der Waals surface area contributed by atoms with Crippen molar-refractivity contribution in [2.24, 2.45) is 0 Å². The Hall–Kier alpha value is -1.03. The van der Waals surface area contributed by atoms with E-state index in [1.807, 2.05) is 0 Å². The molecule has 1 unspecified atom stereocenters. The predicted octanol–water partition coefficient (Wildman–Crippen LogP) is 3.97. The summed E-state index contributed by atoms with van der Waals surface area (Å²) in [6.07, 6.45) is 4.59. The highest BCUT2D eigenvalue weighted by Crippen LogP contribution is 2.30.